The van der Waals surface area contributed by atoms with Crippen molar-refractivity contribution < 1.29 is 0 Å². The van der Waals surface area contributed by atoms with Crippen molar-refractivity contribution in [2.75, 3.05) is 0 Å². The maximum Gasteiger partial charge on any atom is 0.0950 e. The highest BCUT2D eigenvalue weighted by Crippen LogP contribution is 2.44. The predicted molar refractivity (Wildman–Crippen MR) is 42.5 cm³/mol. The minimum absolute atomic E-state index is 0.813. The van der Waals surface area contributed by atoms with Gasteiger partial charge in [0.1, 0.15) is 0 Å². The predicted octanol–water partition coefficient (Wildman–Crippen LogP) is 2.10. The molecule has 0 aromatic carbocycles. The fraction of sp³-hybridized carbons (Fsp3) is 0.667. The van der Waals surface area contributed by atoms with Gasteiger partial charge in [0.15, 0.2) is 0 Å². The molecule has 0 bridgehead atoms. The van der Waals surface area contributed by atoms with Gasteiger partial charge in [0.25, 0.3) is 0 Å². The molecule has 2 saturated carbocycles. The largest absolute Gasteiger partial charge is 0.331 e. The number of rotatable bonds is 2. The van der Waals surface area contributed by atoms with Gasteiger partial charge >= 0.3 is 0 Å². The van der Waals surface area contributed by atoms with Gasteiger partial charge in [-0.05, 0) is 25.7 Å². The lowest BCUT2D eigenvalue weighted by Crippen LogP contribution is -1.96. The molecule has 58 valence electrons. The fourth-order valence-corrected chi connectivity index (χ4v) is 1.67. The van der Waals surface area contributed by atoms with Crippen LogP contribution in [0.25, 0.3) is 0 Å². The first-order valence-electron chi connectivity index (χ1n) is 4.47. The van der Waals surface area contributed by atoms with Crippen LogP contribution in [0.5, 0.6) is 0 Å². The summed E-state index contributed by atoms with van der Waals surface area (Å²) in [6, 6.07) is 0.813. The van der Waals surface area contributed by atoms with Crippen molar-refractivity contribution in [3.8, 4) is 0 Å². The van der Waals surface area contributed by atoms with Gasteiger partial charge in [0.05, 0.1) is 6.33 Å². The van der Waals surface area contributed by atoms with E-state index in [9.17, 15) is 0 Å². The van der Waals surface area contributed by atoms with Crippen LogP contribution < -0.4 is 0 Å². The minimum atomic E-state index is 0.813. The quantitative estimate of drug-likeness (QED) is 0.628. The molecule has 0 atom stereocenters. The molecule has 1 heterocycles. The second-order valence-electron chi connectivity index (χ2n) is 3.73. The number of hydrogen-bond donors (Lipinski definition) is 0. The van der Waals surface area contributed by atoms with Crippen LogP contribution in [0.2, 0.25) is 0 Å². The van der Waals surface area contributed by atoms with E-state index in [-0.39, 0.29) is 0 Å². The average molecular weight is 148 g/mol. The smallest absolute Gasteiger partial charge is 0.0950 e. The summed E-state index contributed by atoms with van der Waals surface area (Å²) in [6.45, 7) is 0. The zero-order valence-electron chi connectivity index (χ0n) is 6.53. The highest BCUT2D eigenvalue weighted by Gasteiger charge is 2.32. The van der Waals surface area contributed by atoms with Crippen molar-refractivity contribution in [1.82, 2.24) is 9.55 Å². The summed E-state index contributed by atoms with van der Waals surface area (Å²) in [5.41, 5.74) is 1.49. The molecule has 1 aromatic rings. The van der Waals surface area contributed by atoms with Gasteiger partial charge in [-0.1, -0.05) is 0 Å². The Kier molecular flexibility index (Phi) is 0.989. The molecule has 11 heavy (non-hydrogen) atoms. The van der Waals surface area contributed by atoms with Crippen molar-refractivity contribution in [3.05, 3.63) is 18.2 Å². The zero-order valence-corrected chi connectivity index (χ0v) is 6.53. The lowest BCUT2D eigenvalue weighted by Gasteiger charge is -2.03. The monoisotopic (exact) mass is 148 g/mol. The molecule has 0 aliphatic heterocycles. The lowest BCUT2D eigenvalue weighted by molar-refractivity contribution is 0.695. The van der Waals surface area contributed by atoms with E-state index in [2.05, 4.69) is 15.7 Å². The first-order valence-corrected chi connectivity index (χ1v) is 4.47. The summed E-state index contributed by atoms with van der Waals surface area (Å²) in [7, 11) is 0. The maximum absolute atomic E-state index is 4.21. The van der Waals surface area contributed by atoms with Crippen LogP contribution in [0.3, 0.4) is 0 Å². The second kappa shape index (κ2) is 1.87. The van der Waals surface area contributed by atoms with Crippen LogP contribution in [-0.2, 0) is 0 Å². The van der Waals surface area contributed by atoms with Crippen molar-refractivity contribution in [2.45, 2.75) is 37.6 Å². The Hall–Kier alpha value is -0.790. The van der Waals surface area contributed by atoms with E-state index in [0.29, 0.717) is 0 Å². The molecule has 2 aliphatic rings. The van der Waals surface area contributed by atoms with Gasteiger partial charge in [-0.15, -0.1) is 0 Å². The molecule has 1 aromatic heterocycles. The number of nitrogens with zero attached hydrogens (tertiary/aromatic N) is 2. The topological polar surface area (TPSA) is 17.8 Å². The van der Waals surface area contributed by atoms with Crippen LogP contribution in [0.1, 0.15) is 43.3 Å². The Balaban J connectivity index is 1.98. The molecule has 0 amide bonds. The minimum Gasteiger partial charge on any atom is -0.331 e. The lowest BCUT2D eigenvalue weighted by atomic mass is 10.3. The van der Waals surface area contributed by atoms with E-state index in [1.54, 1.807) is 0 Å². The Morgan fingerprint density at radius 3 is 2.73 bits per heavy atom. The highest BCUT2D eigenvalue weighted by molar-refractivity contribution is 5.14. The van der Waals surface area contributed by atoms with Gasteiger partial charge in [-0.25, -0.2) is 4.98 Å². The third-order valence-corrected chi connectivity index (χ3v) is 2.63. The Labute approximate surface area is 66.2 Å². The van der Waals surface area contributed by atoms with E-state index >= 15 is 0 Å². The summed E-state index contributed by atoms with van der Waals surface area (Å²) in [5.74, 6) is 0.859. The summed E-state index contributed by atoms with van der Waals surface area (Å²) >= 11 is 0. The summed E-state index contributed by atoms with van der Waals surface area (Å²) in [4.78, 5) is 4.21. The molecular weight excluding hydrogens is 136 g/mol. The Morgan fingerprint density at radius 2 is 2.09 bits per heavy atom. The molecule has 0 spiro atoms. The van der Waals surface area contributed by atoms with Crippen molar-refractivity contribution in [2.24, 2.45) is 0 Å². The zero-order chi connectivity index (χ0) is 7.26. The van der Waals surface area contributed by atoms with E-state index in [1.165, 1.54) is 31.4 Å². The van der Waals surface area contributed by atoms with E-state index in [0.717, 1.165) is 12.0 Å². The third-order valence-electron chi connectivity index (χ3n) is 2.63. The first kappa shape index (κ1) is 5.81. The normalized spacial score (nSPS) is 24.0. The van der Waals surface area contributed by atoms with Gasteiger partial charge in [-0.2, -0.15) is 0 Å². The summed E-state index contributed by atoms with van der Waals surface area (Å²) < 4.78 is 2.39. The van der Waals surface area contributed by atoms with Crippen molar-refractivity contribution in [3.63, 3.8) is 0 Å². The number of imidazole rings is 1. The van der Waals surface area contributed by atoms with Crippen molar-refractivity contribution >= 4 is 0 Å². The van der Waals surface area contributed by atoms with E-state index < -0.39 is 0 Å². The molecule has 0 unspecified atom stereocenters. The van der Waals surface area contributed by atoms with E-state index in [4.69, 9.17) is 0 Å². The Bertz CT molecular complexity index is 242. The highest BCUT2D eigenvalue weighted by atomic mass is 15.1. The van der Waals surface area contributed by atoms with Gasteiger partial charge < -0.3 is 4.57 Å². The van der Waals surface area contributed by atoms with Crippen LogP contribution in [0.4, 0.5) is 0 Å². The second-order valence-corrected chi connectivity index (χ2v) is 3.73. The average Bonchev–Trinajstić information content (AvgIpc) is 2.91. The molecule has 0 radical (unpaired) electrons. The summed E-state index contributed by atoms with van der Waals surface area (Å²) in [6.07, 6.45) is 9.57. The maximum atomic E-state index is 4.21. The molecule has 2 heteroatoms. The van der Waals surface area contributed by atoms with Crippen molar-refractivity contribution in [1.29, 1.82) is 0 Å². The first-order chi connectivity index (χ1) is 5.45. The van der Waals surface area contributed by atoms with Gasteiger partial charge in [0, 0.05) is 23.9 Å². The molecular formula is C9H12N2. The fourth-order valence-electron chi connectivity index (χ4n) is 1.67. The standard InChI is InChI=1S/C9H12N2/c1-2-7(1)9-5-10-6-11(9)8-3-4-8/h5-8H,1-4H2. The van der Waals surface area contributed by atoms with E-state index in [1.807, 2.05) is 6.33 Å². The number of hydrogen-bond acceptors (Lipinski definition) is 1. The van der Waals surface area contributed by atoms with Crippen LogP contribution >= 0.6 is 0 Å². The molecule has 3 rings (SSSR count). The molecule has 0 saturated heterocycles. The van der Waals surface area contributed by atoms with Crippen LogP contribution in [0.15, 0.2) is 12.5 Å². The summed E-state index contributed by atoms with van der Waals surface area (Å²) in [5, 5.41) is 0. The van der Waals surface area contributed by atoms with Crippen LogP contribution in [0, 0.1) is 0 Å². The molecule has 0 N–H and O–H groups in total. The number of aromatic nitrogens is 2. The Morgan fingerprint density at radius 1 is 1.27 bits per heavy atom. The van der Waals surface area contributed by atoms with Gasteiger partial charge in [-0.3, -0.25) is 0 Å². The molecule has 2 fully saturated rings. The van der Waals surface area contributed by atoms with Gasteiger partial charge in [0.2, 0.25) is 0 Å². The molecule has 2 nitrogen and oxygen atoms in total. The molecule has 2 aliphatic carbocycles. The third kappa shape index (κ3) is 0.889. The van der Waals surface area contributed by atoms with Crippen LogP contribution in [-0.4, -0.2) is 9.55 Å². The SMILES string of the molecule is c1ncn(C2CC2)c1C1CC1.